The summed E-state index contributed by atoms with van der Waals surface area (Å²) < 4.78 is 16.4. The second kappa shape index (κ2) is 9.87. The summed E-state index contributed by atoms with van der Waals surface area (Å²) in [7, 11) is 0. The van der Waals surface area contributed by atoms with Crippen molar-refractivity contribution in [3.63, 3.8) is 0 Å². The van der Waals surface area contributed by atoms with E-state index in [4.69, 9.17) is 47.0 Å². The standard InChI is InChI=1S/C21H16Cl3FN6S/c22-17-6-3-14(7-18(17)23)10-31-12-19(24)20(29-31)28-21(32)27-16-8-26-30(11-16)9-13-1-4-15(25)5-2-13/h1-8,11-12H,9-10H2,(H2,27,28,29,32). The van der Waals surface area contributed by atoms with Crippen LogP contribution >= 0.6 is 47.0 Å². The van der Waals surface area contributed by atoms with E-state index in [2.05, 4.69) is 20.8 Å². The lowest BCUT2D eigenvalue weighted by Crippen LogP contribution is -2.19. The molecule has 0 amide bonds. The number of rotatable bonds is 6. The number of thiocarbonyl (C=S) groups is 1. The molecule has 0 atom stereocenters. The lowest BCUT2D eigenvalue weighted by atomic mass is 10.2. The Balaban J connectivity index is 1.35. The molecule has 4 rings (SSSR count). The van der Waals surface area contributed by atoms with Crippen molar-refractivity contribution in [1.29, 1.82) is 0 Å². The van der Waals surface area contributed by atoms with Crippen LogP contribution in [0.3, 0.4) is 0 Å². The monoisotopic (exact) mass is 508 g/mol. The summed E-state index contributed by atoms with van der Waals surface area (Å²) in [5, 5.41) is 16.4. The third kappa shape index (κ3) is 5.77. The molecule has 2 aromatic carbocycles. The van der Waals surface area contributed by atoms with E-state index in [-0.39, 0.29) is 5.82 Å². The van der Waals surface area contributed by atoms with Gasteiger partial charge >= 0.3 is 0 Å². The second-order valence-corrected chi connectivity index (χ2v) is 8.53. The van der Waals surface area contributed by atoms with Gasteiger partial charge in [0, 0.05) is 12.4 Å². The molecule has 32 heavy (non-hydrogen) atoms. The van der Waals surface area contributed by atoms with E-state index in [1.165, 1.54) is 12.1 Å². The van der Waals surface area contributed by atoms with Crippen molar-refractivity contribution in [3.8, 4) is 0 Å². The smallest absolute Gasteiger partial charge is 0.176 e. The van der Waals surface area contributed by atoms with Gasteiger partial charge in [0.15, 0.2) is 10.9 Å². The Morgan fingerprint density at radius 1 is 0.875 bits per heavy atom. The summed E-state index contributed by atoms with van der Waals surface area (Å²) >= 11 is 23.7. The number of nitrogens with one attached hydrogen (secondary N) is 2. The number of aromatic nitrogens is 4. The van der Waals surface area contributed by atoms with E-state index < -0.39 is 0 Å². The molecule has 0 aliphatic rings. The van der Waals surface area contributed by atoms with Crippen molar-refractivity contribution < 1.29 is 4.39 Å². The fraction of sp³-hybridized carbons (Fsp3) is 0.0952. The molecule has 11 heteroatoms. The maximum absolute atomic E-state index is 13.0. The van der Waals surface area contributed by atoms with Crippen molar-refractivity contribution >= 4 is 63.6 Å². The van der Waals surface area contributed by atoms with Gasteiger partial charge < -0.3 is 10.6 Å². The van der Waals surface area contributed by atoms with Crippen LogP contribution in [0.1, 0.15) is 11.1 Å². The summed E-state index contributed by atoms with van der Waals surface area (Å²) in [6, 6.07) is 11.6. The highest BCUT2D eigenvalue weighted by molar-refractivity contribution is 7.80. The average Bonchev–Trinajstić information content (AvgIpc) is 3.32. The maximum atomic E-state index is 13.0. The number of hydrogen-bond donors (Lipinski definition) is 2. The molecule has 0 aliphatic carbocycles. The Morgan fingerprint density at radius 2 is 1.59 bits per heavy atom. The normalized spacial score (nSPS) is 10.9. The van der Waals surface area contributed by atoms with Crippen LogP contribution in [0.2, 0.25) is 15.1 Å². The van der Waals surface area contributed by atoms with Gasteiger partial charge in [-0.15, -0.1) is 0 Å². The zero-order chi connectivity index (χ0) is 22.7. The van der Waals surface area contributed by atoms with E-state index in [1.54, 1.807) is 52.2 Å². The molecule has 0 saturated carbocycles. The molecule has 2 heterocycles. The van der Waals surface area contributed by atoms with E-state index in [0.29, 0.717) is 44.8 Å². The third-order valence-corrected chi connectivity index (χ3v) is 5.65. The summed E-state index contributed by atoms with van der Waals surface area (Å²) in [6.07, 6.45) is 5.12. The zero-order valence-corrected chi connectivity index (χ0v) is 19.5. The summed E-state index contributed by atoms with van der Waals surface area (Å²) in [5.74, 6) is 0.147. The van der Waals surface area contributed by atoms with Gasteiger partial charge in [-0.05, 0) is 47.6 Å². The lowest BCUT2D eigenvalue weighted by Gasteiger charge is -2.07. The molecule has 0 radical (unpaired) electrons. The molecule has 0 saturated heterocycles. The van der Waals surface area contributed by atoms with Gasteiger partial charge in [-0.25, -0.2) is 4.39 Å². The van der Waals surface area contributed by atoms with Crippen LogP contribution in [0, 0.1) is 5.82 Å². The van der Waals surface area contributed by atoms with Crippen LogP contribution in [-0.2, 0) is 13.1 Å². The van der Waals surface area contributed by atoms with Gasteiger partial charge in [0.05, 0.1) is 35.0 Å². The predicted octanol–water partition coefficient (Wildman–Crippen LogP) is 6.08. The van der Waals surface area contributed by atoms with E-state index in [1.807, 2.05) is 6.07 Å². The molecule has 2 aromatic heterocycles. The van der Waals surface area contributed by atoms with Crippen LogP contribution < -0.4 is 10.6 Å². The SMILES string of the molecule is Fc1ccc(Cn2cc(NC(=S)Nc3nn(Cc4ccc(Cl)c(Cl)c4)cc3Cl)cn2)cc1. The second-order valence-electron chi connectivity index (χ2n) is 6.90. The Hall–Kier alpha value is -2.65. The highest BCUT2D eigenvalue weighted by Crippen LogP contribution is 2.24. The van der Waals surface area contributed by atoms with E-state index in [9.17, 15) is 4.39 Å². The summed E-state index contributed by atoms with van der Waals surface area (Å²) in [4.78, 5) is 0. The lowest BCUT2D eigenvalue weighted by molar-refractivity contribution is 0.624. The van der Waals surface area contributed by atoms with Crippen LogP contribution in [0.4, 0.5) is 15.9 Å². The van der Waals surface area contributed by atoms with Crippen molar-refractivity contribution in [1.82, 2.24) is 19.6 Å². The highest BCUT2D eigenvalue weighted by atomic mass is 35.5. The quantitative estimate of drug-likeness (QED) is 0.308. The van der Waals surface area contributed by atoms with Gasteiger partial charge in [-0.1, -0.05) is 53.0 Å². The van der Waals surface area contributed by atoms with E-state index >= 15 is 0 Å². The van der Waals surface area contributed by atoms with Crippen LogP contribution in [0.25, 0.3) is 0 Å². The minimum atomic E-state index is -0.272. The molecule has 2 N–H and O–H groups in total. The summed E-state index contributed by atoms with van der Waals surface area (Å²) in [5.41, 5.74) is 2.55. The maximum Gasteiger partial charge on any atom is 0.176 e. The number of hydrogen-bond acceptors (Lipinski definition) is 3. The minimum Gasteiger partial charge on any atom is -0.330 e. The largest absolute Gasteiger partial charge is 0.330 e. The Bertz CT molecular complexity index is 1250. The first-order valence-electron chi connectivity index (χ1n) is 9.37. The van der Waals surface area contributed by atoms with Gasteiger partial charge in [0.1, 0.15) is 10.8 Å². The predicted molar refractivity (Wildman–Crippen MR) is 130 cm³/mol. The number of benzene rings is 2. The first kappa shape index (κ1) is 22.5. The Kier molecular flexibility index (Phi) is 6.95. The number of nitrogens with zero attached hydrogens (tertiary/aromatic N) is 4. The van der Waals surface area contributed by atoms with Crippen molar-refractivity contribution in [2.45, 2.75) is 13.1 Å². The van der Waals surface area contributed by atoms with Gasteiger partial charge in [-0.2, -0.15) is 10.2 Å². The third-order valence-electron chi connectivity index (χ3n) is 4.43. The van der Waals surface area contributed by atoms with Crippen LogP contribution in [0.15, 0.2) is 61.1 Å². The van der Waals surface area contributed by atoms with Crippen LogP contribution in [-0.4, -0.2) is 24.7 Å². The number of anilines is 2. The molecule has 0 fully saturated rings. The van der Waals surface area contributed by atoms with Gasteiger partial charge in [0.25, 0.3) is 0 Å². The molecule has 0 bridgehead atoms. The number of halogens is 4. The molecular weight excluding hydrogens is 494 g/mol. The molecule has 0 unspecified atom stereocenters. The molecule has 0 aliphatic heterocycles. The molecule has 164 valence electrons. The molecule has 4 aromatic rings. The van der Waals surface area contributed by atoms with Gasteiger partial charge in [0.2, 0.25) is 0 Å². The van der Waals surface area contributed by atoms with Gasteiger partial charge in [-0.3, -0.25) is 9.36 Å². The summed E-state index contributed by atoms with van der Waals surface area (Å²) in [6.45, 7) is 0.974. The fourth-order valence-corrected chi connectivity index (χ4v) is 3.68. The van der Waals surface area contributed by atoms with E-state index in [0.717, 1.165) is 11.1 Å². The first-order valence-corrected chi connectivity index (χ1v) is 10.9. The minimum absolute atomic E-state index is 0.272. The van der Waals surface area contributed by atoms with Crippen molar-refractivity contribution in [2.24, 2.45) is 0 Å². The van der Waals surface area contributed by atoms with Crippen molar-refractivity contribution in [3.05, 3.63) is 93.1 Å². The zero-order valence-electron chi connectivity index (χ0n) is 16.4. The molecular formula is C21H16Cl3FN6S. The Labute approximate surface area is 203 Å². The fourth-order valence-electron chi connectivity index (χ4n) is 2.95. The molecule has 0 spiro atoms. The van der Waals surface area contributed by atoms with Crippen LogP contribution in [0.5, 0.6) is 0 Å². The highest BCUT2D eigenvalue weighted by Gasteiger charge is 2.11. The topological polar surface area (TPSA) is 59.7 Å². The first-order chi connectivity index (χ1) is 15.4. The Morgan fingerprint density at radius 3 is 2.34 bits per heavy atom. The average molecular weight is 510 g/mol. The molecule has 6 nitrogen and oxygen atoms in total. The van der Waals surface area contributed by atoms with Crippen molar-refractivity contribution in [2.75, 3.05) is 10.6 Å².